The molecule has 0 aromatic carbocycles. The van der Waals surface area contributed by atoms with Crippen LogP contribution in [0.25, 0.3) is 0 Å². The molecule has 1 rings (SSSR count). The first-order chi connectivity index (χ1) is 5.57. The Hall–Kier alpha value is -0.770. The maximum atomic E-state index is 10.8. The van der Waals surface area contributed by atoms with Gasteiger partial charge in [-0.05, 0) is 26.8 Å². The number of hydrogen-bond acceptors (Lipinski definition) is 2. The van der Waals surface area contributed by atoms with E-state index in [1.54, 1.807) is 4.90 Å². The van der Waals surface area contributed by atoms with E-state index in [0.29, 0.717) is 0 Å². The van der Waals surface area contributed by atoms with E-state index in [1.165, 1.54) is 0 Å². The van der Waals surface area contributed by atoms with E-state index in [1.807, 2.05) is 7.05 Å². The van der Waals surface area contributed by atoms with Gasteiger partial charge in [0.1, 0.15) is 0 Å². The summed E-state index contributed by atoms with van der Waals surface area (Å²) >= 11 is 0. The summed E-state index contributed by atoms with van der Waals surface area (Å²) in [6.07, 6.45) is 1.96. The van der Waals surface area contributed by atoms with Crippen molar-refractivity contribution < 1.29 is 4.79 Å². The fourth-order valence-electron chi connectivity index (χ4n) is 1.47. The number of rotatable bonds is 1. The zero-order chi connectivity index (χ0) is 9.19. The van der Waals surface area contributed by atoms with Gasteiger partial charge in [0, 0.05) is 18.6 Å². The molecule has 0 unspecified atom stereocenters. The van der Waals surface area contributed by atoms with Crippen molar-refractivity contribution in [2.45, 2.75) is 25.3 Å². The molecule has 4 nitrogen and oxygen atoms in total. The summed E-state index contributed by atoms with van der Waals surface area (Å²) in [4.78, 5) is 12.5. The Balaban J connectivity index is 2.44. The molecule has 3 N–H and O–H groups in total. The predicted octanol–water partition coefficient (Wildman–Crippen LogP) is 0.139. The molecule has 1 fully saturated rings. The Kier molecular flexibility index (Phi) is 2.57. The molecule has 0 aromatic heterocycles. The monoisotopic (exact) mass is 171 g/mol. The summed E-state index contributed by atoms with van der Waals surface area (Å²) in [5.74, 6) is 0. The second-order valence-electron chi connectivity index (χ2n) is 3.64. The number of nitrogens with zero attached hydrogens (tertiary/aromatic N) is 1. The number of urea groups is 1. The first-order valence-electron chi connectivity index (χ1n) is 4.31. The van der Waals surface area contributed by atoms with Crippen LogP contribution < -0.4 is 11.1 Å². The molecule has 2 amide bonds. The highest BCUT2D eigenvalue weighted by atomic mass is 16.2. The lowest BCUT2D eigenvalue weighted by molar-refractivity contribution is 0.160. The summed E-state index contributed by atoms with van der Waals surface area (Å²) < 4.78 is 0. The van der Waals surface area contributed by atoms with Gasteiger partial charge in [-0.3, -0.25) is 0 Å². The molecule has 1 heterocycles. The van der Waals surface area contributed by atoms with E-state index in [2.05, 4.69) is 12.2 Å². The van der Waals surface area contributed by atoms with Crippen molar-refractivity contribution in [3.05, 3.63) is 0 Å². The summed E-state index contributed by atoms with van der Waals surface area (Å²) in [6.45, 7) is 3.71. The third kappa shape index (κ3) is 1.88. The number of hydrogen-bond donors (Lipinski definition) is 2. The van der Waals surface area contributed by atoms with Gasteiger partial charge in [0.25, 0.3) is 0 Å². The highest BCUT2D eigenvalue weighted by Crippen LogP contribution is 2.20. The topological polar surface area (TPSA) is 58.4 Å². The number of primary amides is 1. The molecule has 0 bridgehead atoms. The normalized spacial score (nSPS) is 22.3. The molecule has 12 heavy (non-hydrogen) atoms. The van der Waals surface area contributed by atoms with Crippen LogP contribution in [-0.2, 0) is 0 Å². The van der Waals surface area contributed by atoms with Gasteiger partial charge in [-0.2, -0.15) is 0 Å². The van der Waals surface area contributed by atoms with Gasteiger partial charge in [0.15, 0.2) is 0 Å². The molecule has 0 aromatic rings. The molecule has 0 spiro atoms. The summed E-state index contributed by atoms with van der Waals surface area (Å²) in [5.41, 5.74) is 5.35. The van der Waals surface area contributed by atoms with E-state index in [4.69, 9.17) is 5.73 Å². The summed E-state index contributed by atoms with van der Waals surface area (Å²) in [5, 5.41) is 3.26. The minimum Gasteiger partial charge on any atom is -0.351 e. The fourth-order valence-corrected chi connectivity index (χ4v) is 1.47. The highest BCUT2D eigenvalue weighted by molar-refractivity contribution is 5.72. The van der Waals surface area contributed by atoms with E-state index in [9.17, 15) is 4.79 Å². The molecule has 70 valence electrons. The standard InChI is InChI=1S/C8H17N3O/c1-8(10-2)3-5-11(6-4-8)7(9)12/h10H,3-6H2,1-2H3,(H2,9,12). The minimum atomic E-state index is -0.298. The lowest BCUT2D eigenvalue weighted by Gasteiger charge is -2.38. The number of carbonyl (C=O) groups excluding carboxylic acids is 1. The van der Waals surface area contributed by atoms with Crippen molar-refractivity contribution in [2.75, 3.05) is 20.1 Å². The molecule has 0 radical (unpaired) electrons. The zero-order valence-corrected chi connectivity index (χ0v) is 7.76. The van der Waals surface area contributed by atoms with Crippen molar-refractivity contribution in [1.29, 1.82) is 0 Å². The molecule has 0 saturated carbocycles. The van der Waals surface area contributed by atoms with Crippen LogP contribution in [-0.4, -0.2) is 36.6 Å². The SMILES string of the molecule is CNC1(C)CCN(C(N)=O)CC1. The van der Waals surface area contributed by atoms with Crippen LogP contribution in [0.4, 0.5) is 4.79 Å². The van der Waals surface area contributed by atoms with Crippen LogP contribution >= 0.6 is 0 Å². The third-order valence-corrected chi connectivity index (χ3v) is 2.78. The third-order valence-electron chi connectivity index (χ3n) is 2.78. The van der Waals surface area contributed by atoms with E-state index in [-0.39, 0.29) is 11.6 Å². The van der Waals surface area contributed by atoms with E-state index < -0.39 is 0 Å². The van der Waals surface area contributed by atoms with Crippen molar-refractivity contribution in [3.63, 3.8) is 0 Å². The Bertz CT molecular complexity index is 173. The van der Waals surface area contributed by atoms with Crippen LogP contribution in [0.15, 0.2) is 0 Å². The number of carbonyl (C=O) groups is 1. The van der Waals surface area contributed by atoms with Gasteiger partial charge in [-0.15, -0.1) is 0 Å². The Labute approximate surface area is 73.1 Å². The van der Waals surface area contributed by atoms with E-state index in [0.717, 1.165) is 25.9 Å². The molecule has 1 aliphatic rings. The summed E-state index contributed by atoms with van der Waals surface area (Å²) in [6, 6.07) is -0.298. The maximum absolute atomic E-state index is 10.8. The fraction of sp³-hybridized carbons (Fsp3) is 0.875. The Morgan fingerprint density at radius 3 is 2.33 bits per heavy atom. The molecule has 0 atom stereocenters. The maximum Gasteiger partial charge on any atom is 0.314 e. The van der Waals surface area contributed by atoms with Gasteiger partial charge in [-0.25, -0.2) is 4.79 Å². The molecule has 4 heteroatoms. The molecular formula is C8H17N3O. The first-order valence-corrected chi connectivity index (χ1v) is 4.31. The number of piperidine rings is 1. The number of nitrogens with two attached hydrogens (primary N) is 1. The van der Waals surface area contributed by atoms with Gasteiger partial charge in [0.2, 0.25) is 0 Å². The van der Waals surface area contributed by atoms with Gasteiger partial charge < -0.3 is 16.0 Å². The predicted molar refractivity (Wildman–Crippen MR) is 47.9 cm³/mol. The van der Waals surface area contributed by atoms with Crippen molar-refractivity contribution in [1.82, 2.24) is 10.2 Å². The van der Waals surface area contributed by atoms with Crippen LogP contribution in [0.2, 0.25) is 0 Å². The largest absolute Gasteiger partial charge is 0.351 e. The quantitative estimate of drug-likeness (QED) is 0.589. The molecule has 0 aliphatic carbocycles. The lowest BCUT2D eigenvalue weighted by Crippen LogP contribution is -2.52. The second kappa shape index (κ2) is 3.31. The lowest BCUT2D eigenvalue weighted by atomic mass is 9.90. The van der Waals surface area contributed by atoms with Crippen LogP contribution in [0.3, 0.4) is 0 Å². The average molecular weight is 171 g/mol. The Morgan fingerprint density at radius 2 is 2.00 bits per heavy atom. The number of amides is 2. The number of nitrogens with one attached hydrogen (secondary N) is 1. The van der Waals surface area contributed by atoms with Crippen LogP contribution in [0.1, 0.15) is 19.8 Å². The van der Waals surface area contributed by atoms with Gasteiger partial charge in [0.05, 0.1) is 0 Å². The highest BCUT2D eigenvalue weighted by Gasteiger charge is 2.29. The molecule has 1 saturated heterocycles. The minimum absolute atomic E-state index is 0.186. The van der Waals surface area contributed by atoms with Crippen LogP contribution in [0, 0.1) is 0 Å². The summed E-state index contributed by atoms with van der Waals surface area (Å²) in [7, 11) is 1.96. The smallest absolute Gasteiger partial charge is 0.314 e. The van der Waals surface area contributed by atoms with Crippen molar-refractivity contribution in [3.8, 4) is 0 Å². The van der Waals surface area contributed by atoms with Crippen LogP contribution in [0.5, 0.6) is 0 Å². The molecular weight excluding hydrogens is 154 g/mol. The van der Waals surface area contributed by atoms with Gasteiger partial charge in [-0.1, -0.05) is 0 Å². The number of likely N-dealkylation sites (tertiary alicyclic amines) is 1. The van der Waals surface area contributed by atoms with Crippen molar-refractivity contribution >= 4 is 6.03 Å². The van der Waals surface area contributed by atoms with E-state index >= 15 is 0 Å². The Morgan fingerprint density at radius 1 is 1.50 bits per heavy atom. The zero-order valence-electron chi connectivity index (χ0n) is 7.76. The van der Waals surface area contributed by atoms with Crippen molar-refractivity contribution in [2.24, 2.45) is 5.73 Å². The molecule has 1 aliphatic heterocycles. The second-order valence-corrected chi connectivity index (χ2v) is 3.64. The first kappa shape index (κ1) is 9.32. The van der Waals surface area contributed by atoms with Gasteiger partial charge >= 0.3 is 6.03 Å². The average Bonchev–Trinajstić information content (AvgIpc) is 2.05.